The predicted molar refractivity (Wildman–Crippen MR) is 23.4 cm³/mol. The van der Waals surface area contributed by atoms with Crippen molar-refractivity contribution in [3.8, 4) is 0 Å². The van der Waals surface area contributed by atoms with E-state index in [2.05, 4.69) is 14.9 Å². The number of nitrogen functional groups attached to an aromatic ring is 1. The molecule has 38 valence electrons. The van der Waals surface area contributed by atoms with Crippen molar-refractivity contribution in [2.45, 2.75) is 6.92 Å². The molecule has 2 N–H and O–H groups in total. The van der Waals surface area contributed by atoms with Crippen molar-refractivity contribution >= 4 is 5.82 Å². The predicted octanol–water partition coefficient (Wildman–Crippen LogP) is -0.0398. The van der Waals surface area contributed by atoms with Crippen molar-refractivity contribution in [1.82, 2.24) is 10.4 Å². The average molecular weight is 99.1 g/mol. The minimum atomic E-state index is 0.361. The first-order valence-corrected chi connectivity index (χ1v) is 1.85. The van der Waals surface area contributed by atoms with Crippen LogP contribution in [0.5, 0.6) is 0 Å². The van der Waals surface area contributed by atoms with Crippen LogP contribution in [0.15, 0.2) is 4.52 Å². The van der Waals surface area contributed by atoms with Crippen molar-refractivity contribution < 1.29 is 4.52 Å². The molecule has 0 amide bonds. The number of hydrogen-bond donors (Lipinski definition) is 1. The van der Waals surface area contributed by atoms with Gasteiger partial charge in [0.2, 0.25) is 0 Å². The topological polar surface area (TPSA) is 64.9 Å². The van der Waals surface area contributed by atoms with Gasteiger partial charge in [-0.05, 0) is 0 Å². The zero-order valence-corrected chi connectivity index (χ0v) is 3.88. The van der Waals surface area contributed by atoms with E-state index in [9.17, 15) is 0 Å². The van der Waals surface area contributed by atoms with Gasteiger partial charge in [0, 0.05) is 12.2 Å². The maximum absolute atomic E-state index is 5.17. The van der Waals surface area contributed by atoms with E-state index < -0.39 is 0 Å². The van der Waals surface area contributed by atoms with Gasteiger partial charge in [-0.3, -0.25) is 0 Å². The molecule has 1 aromatic rings. The first-order chi connectivity index (χ1) is 3.30. The number of aryl methyl sites for hydroxylation is 1. The molecule has 0 saturated heterocycles. The molecule has 4 nitrogen and oxygen atoms in total. The van der Waals surface area contributed by atoms with Crippen molar-refractivity contribution in [3.05, 3.63) is 5.76 Å². The fraction of sp³-hybridized carbons (Fsp3) is 0.333. The molecule has 0 radical (unpaired) electrons. The summed E-state index contributed by atoms with van der Waals surface area (Å²) in [6, 6.07) is 0. The highest BCUT2D eigenvalue weighted by Crippen LogP contribution is 2.00. The second-order valence-electron chi connectivity index (χ2n) is 1.21. The molecule has 0 atom stereocenters. The molecule has 0 aliphatic carbocycles. The Balaban J connectivity index is 3.12. The lowest BCUT2D eigenvalue weighted by atomic mass is 10.5. The minimum Gasteiger partial charge on any atom is -0.379 e. The van der Waals surface area contributed by atoms with Crippen LogP contribution in [0.3, 0.4) is 0 Å². The smallest absolute Gasteiger partial charge is 0.190 e. The van der Waals surface area contributed by atoms with E-state index in [1.165, 1.54) is 0 Å². The molecule has 0 spiro atoms. The Kier molecular flexibility index (Phi) is 0.714. The normalized spacial score (nSPS) is 9.29. The van der Waals surface area contributed by atoms with Crippen LogP contribution in [-0.2, 0) is 0 Å². The summed E-state index contributed by atoms with van der Waals surface area (Å²) < 4.78 is 4.48. The molecule has 7 heavy (non-hydrogen) atoms. The number of aromatic nitrogens is 2. The molecule has 0 fully saturated rings. The van der Waals surface area contributed by atoms with E-state index >= 15 is 0 Å². The van der Waals surface area contributed by atoms with Crippen molar-refractivity contribution in [2.24, 2.45) is 0 Å². The zero-order valence-electron chi connectivity index (χ0n) is 3.88. The molecule has 1 heterocycles. The number of anilines is 1. The van der Waals surface area contributed by atoms with Crippen LogP contribution in [0.2, 0.25) is 0 Å². The molecular weight excluding hydrogens is 94.1 g/mol. The Bertz CT molecular complexity index is 142. The van der Waals surface area contributed by atoms with Crippen LogP contribution >= 0.6 is 0 Å². The van der Waals surface area contributed by atoms with Crippen molar-refractivity contribution in [3.63, 3.8) is 0 Å². The summed E-state index contributed by atoms with van der Waals surface area (Å²) in [5.41, 5.74) is 5.17. The van der Waals surface area contributed by atoms with Gasteiger partial charge in [0.1, 0.15) is 0 Å². The van der Waals surface area contributed by atoms with Gasteiger partial charge in [-0.25, -0.2) is 0 Å². The van der Waals surface area contributed by atoms with Gasteiger partial charge in [0.15, 0.2) is 11.6 Å². The van der Waals surface area contributed by atoms with Gasteiger partial charge in [-0.1, -0.05) is 5.10 Å². The summed E-state index contributed by atoms with van der Waals surface area (Å²) in [6.07, 6.45) is 0. The highest BCUT2D eigenvalue weighted by atomic mass is 16.5. The Hall–Kier alpha value is -1.06. The summed E-state index contributed by atoms with van der Waals surface area (Å²) in [6.45, 7) is 1.70. The summed E-state index contributed by atoms with van der Waals surface area (Å²) in [5.74, 6) is 0.931. The monoisotopic (exact) mass is 99.0 g/mol. The first kappa shape index (κ1) is 4.11. The summed E-state index contributed by atoms with van der Waals surface area (Å²) >= 11 is 0. The third-order valence-corrected chi connectivity index (χ3v) is 0.687. The van der Waals surface area contributed by atoms with Crippen molar-refractivity contribution in [1.29, 1.82) is 0 Å². The lowest BCUT2D eigenvalue weighted by Gasteiger charge is -1.73. The Morgan fingerprint density at radius 1 is 1.71 bits per heavy atom. The Morgan fingerprint density at radius 2 is 2.43 bits per heavy atom. The van der Waals surface area contributed by atoms with E-state index in [0.29, 0.717) is 11.6 Å². The average Bonchev–Trinajstić information content (AvgIpc) is 1.91. The fourth-order valence-corrected chi connectivity index (χ4v) is 0.243. The van der Waals surface area contributed by atoms with Gasteiger partial charge in [-0.15, -0.1) is 0 Å². The van der Waals surface area contributed by atoms with E-state index in [4.69, 9.17) is 5.73 Å². The SMILES string of the molecule is Cc1onnc1N. The van der Waals surface area contributed by atoms with Crippen LogP contribution in [0.1, 0.15) is 5.76 Å². The molecule has 0 aliphatic rings. The van der Waals surface area contributed by atoms with Crippen LogP contribution in [0.25, 0.3) is 0 Å². The number of rotatable bonds is 0. The molecule has 1 rings (SSSR count). The number of nitrogens with two attached hydrogens (primary N) is 1. The second-order valence-corrected chi connectivity index (χ2v) is 1.21. The van der Waals surface area contributed by atoms with Crippen LogP contribution in [-0.4, -0.2) is 10.4 Å². The standard InChI is InChI=1S/C3H5N3O/c1-2-3(4)5-6-7-2/h4H2,1H3. The fourth-order valence-electron chi connectivity index (χ4n) is 0.243. The maximum Gasteiger partial charge on any atom is 0.190 e. The first-order valence-electron chi connectivity index (χ1n) is 1.85. The van der Waals surface area contributed by atoms with E-state index in [1.54, 1.807) is 6.92 Å². The lowest BCUT2D eigenvalue weighted by Crippen LogP contribution is -1.85. The van der Waals surface area contributed by atoms with Gasteiger partial charge < -0.3 is 10.3 Å². The second kappa shape index (κ2) is 1.22. The largest absolute Gasteiger partial charge is 0.379 e. The maximum atomic E-state index is 5.17. The summed E-state index contributed by atoms with van der Waals surface area (Å²) in [5, 5.41) is 6.55. The molecule has 0 unspecified atom stereocenters. The Labute approximate surface area is 40.3 Å². The van der Waals surface area contributed by atoms with Crippen molar-refractivity contribution in [2.75, 3.05) is 5.73 Å². The third kappa shape index (κ3) is 0.534. The van der Waals surface area contributed by atoms with Gasteiger partial charge in [0.05, 0.1) is 0 Å². The highest BCUT2D eigenvalue weighted by Gasteiger charge is 1.94. The van der Waals surface area contributed by atoms with Crippen LogP contribution < -0.4 is 5.73 Å². The number of nitrogens with zero attached hydrogens (tertiary/aromatic N) is 2. The third-order valence-electron chi connectivity index (χ3n) is 0.687. The quantitative estimate of drug-likeness (QED) is 0.495. The molecular formula is C3H5N3O. The zero-order chi connectivity index (χ0) is 5.28. The van der Waals surface area contributed by atoms with Crippen LogP contribution in [0.4, 0.5) is 5.82 Å². The molecule has 0 bridgehead atoms. The van der Waals surface area contributed by atoms with Gasteiger partial charge in [0.25, 0.3) is 0 Å². The lowest BCUT2D eigenvalue weighted by molar-refractivity contribution is 0.374. The minimum absolute atomic E-state index is 0.361. The molecule has 1 aromatic heterocycles. The van der Waals surface area contributed by atoms with Gasteiger partial charge in [-0.2, -0.15) is 0 Å². The van der Waals surface area contributed by atoms with Crippen LogP contribution in [0, 0.1) is 6.92 Å². The molecule has 0 aromatic carbocycles. The highest BCUT2D eigenvalue weighted by molar-refractivity contribution is 5.27. The van der Waals surface area contributed by atoms with Gasteiger partial charge >= 0.3 is 0 Å². The van der Waals surface area contributed by atoms with E-state index in [0.717, 1.165) is 0 Å². The summed E-state index contributed by atoms with van der Waals surface area (Å²) in [4.78, 5) is 0. The number of hydrogen-bond acceptors (Lipinski definition) is 4. The molecule has 0 aliphatic heterocycles. The van der Waals surface area contributed by atoms with E-state index in [-0.39, 0.29) is 0 Å². The Morgan fingerprint density at radius 3 is 2.57 bits per heavy atom. The molecule has 0 saturated carbocycles. The van der Waals surface area contributed by atoms with E-state index in [1.807, 2.05) is 0 Å². The molecule has 4 heteroatoms. The summed E-state index contributed by atoms with van der Waals surface area (Å²) in [7, 11) is 0.